The monoisotopic (exact) mass is 306 g/mol. The van der Waals surface area contributed by atoms with E-state index in [-0.39, 0.29) is 17.8 Å². The van der Waals surface area contributed by atoms with E-state index in [0.717, 1.165) is 5.56 Å². The summed E-state index contributed by atoms with van der Waals surface area (Å²) >= 11 is 5.59. The lowest BCUT2D eigenvalue weighted by Crippen LogP contribution is -2.05. The molecular formula is C17H16ClFO2. The Kier molecular flexibility index (Phi) is 5.76. The van der Waals surface area contributed by atoms with Crippen LogP contribution in [-0.2, 0) is 6.61 Å². The van der Waals surface area contributed by atoms with E-state index in [0.29, 0.717) is 24.7 Å². The van der Waals surface area contributed by atoms with Gasteiger partial charge in [0.15, 0.2) is 5.78 Å². The summed E-state index contributed by atoms with van der Waals surface area (Å²) in [6.45, 7) is 0.336. The van der Waals surface area contributed by atoms with E-state index in [1.54, 1.807) is 0 Å². The number of halogens is 2. The number of benzene rings is 2. The predicted octanol–water partition coefficient (Wildman–Crippen LogP) is 4.61. The first-order chi connectivity index (χ1) is 10.2. The highest BCUT2D eigenvalue weighted by molar-refractivity contribution is 6.18. The van der Waals surface area contributed by atoms with Gasteiger partial charge in [0.2, 0.25) is 0 Å². The van der Waals surface area contributed by atoms with Crippen LogP contribution in [0.15, 0.2) is 48.5 Å². The van der Waals surface area contributed by atoms with Gasteiger partial charge in [0.1, 0.15) is 18.2 Å². The van der Waals surface area contributed by atoms with Crippen molar-refractivity contribution >= 4 is 17.4 Å². The van der Waals surface area contributed by atoms with Gasteiger partial charge in [-0.2, -0.15) is 0 Å². The molecule has 110 valence electrons. The van der Waals surface area contributed by atoms with Crippen molar-refractivity contribution in [3.63, 3.8) is 0 Å². The first-order valence-electron chi connectivity index (χ1n) is 6.76. The largest absolute Gasteiger partial charge is 0.488 e. The van der Waals surface area contributed by atoms with Gasteiger partial charge in [0.05, 0.1) is 5.56 Å². The number of rotatable bonds is 7. The first kappa shape index (κ1) is 15.5. The Morgan fingerprint density at radius 1 is 1.14 bits per heavy atom. The fourth-order valence-corrected chi connectivity index (χ4v) is 2.08. The van der Waals surface area contributed by atoms with Gasteiger partial charge in [0.25, 0.3) is 0 Å². The predicted molar refractivity (Wildman–Crippen MR) is 81.5 cm³/mol. The summed E-state index contributed by atoms with van der Waals surface area (Å²) in [5.41, 5.74) is 1.26. The molecule has 0 spiro atoms. The second-order valence-corrected chi connectivity index (χ2v) is 5.01. The molecule has 0 fully saturated rings. The molecule has 0 saturated carbocycles. The fraction of sp³-hybridized carbons (Fsp3) is 0.235. The molecule has 0 aliphatic rings. The highest BCUT2D eigenvalue weighted by Crippen LogP contribution is 2.23. The van der Waals surface area contributed by atoms with E-state index in [9.17, 15) is 9.18 Å². The number of carbonyl (C=O) groups excluding carboxylic acids is 1. The van der Waals surface area contributed by atoms with E-state index in [4.69, 9.17) is 16.3 Å². The van der Waals surface area contributed by atoms with Gasteiger partial charge in [-0.15, -0.1) is 11.6 Å². The molecule has 0 aliphatic carbocycles. The van der Waals surface area contributed by atoms with Crippen LogP contribution >= 0.6 is 11.6 Å². The zero-order valence-corrected chi connectivity index (χ0v) is 12.3. The number of hydrogen-bond acceptors (Lipinski definition) is 2. The molecule has 0 atom stereocenters. The maximum Gasteiger partial charge on any atom is 0.166 e. The SMILES string of the molecule is O=C(CCCCl)c1cc(F)ccc1OCc1ccccc1. The van der Waals surface area contributed by atoms with Gasteiger partial charge in [0, 0.05) is 12.3 Å². The Hall–Kier alpha value is -1.87. The highest BCUT2D eigenvalue weighted by Gasteiger charge is 2.13. The summed E-state index contributed by atoms with van der Waals surface area (Å²) in [5, 5.41) is 0. The van der Waals surface area contributed by atoms with E-state index < -0.39 is 5.82 Å². The summed E-state index contributed by atoms with van der Waals surface area (Å²) in [6.07, 6.45) is 0.851. The molecular weight excluding hydrogens is 291 g/mol. The van der Waals surface area contributed by atoms with Crippen LogP contribution in [0.4, 0.5) is 4.39 Å². The molecule has 0 amide bonds. The van der Waals surface area contributed by atoms with Gasteiger partial charge in [-0.05, 0) is 30.2 Å². The Balaban J connectivity index is 2.13. The molecule has 2 rings (SSSR count). The van der Waals surface area contributed by atoms with Crippen LogP contribution in [0.2, 0.25) is 0 Å². The van der Waals surface area contributed by atoms with E-state index >= 15 is 0 Å². The number of carbonyl (C=O) groups is 1. The van der Waals surface area contributed by atoms with Crippen LogP contribution in [0.1, 0.15) is 28.8 Å². The van der Waals surface area contributed by atoms with Crippen molar-refractivity contribution in [2.75, 3.05) is 5.88 Å². The van der Waals surface area contributed by atoms with Gasteiger partial charge < -0.3 is 4.74 Å². The second kappa shape index (κ2) is 7.79. The molecule has 0 radical (unpaired) electrons. The Bertz CT molecular complexity index is 599. The Morgan fingerprint density at radius 2 is 1.90 bits per heavy atom. The summed E-state index contributed by atoms with van der Waals surface area (Å²) in [7, 11) is 0. The molecule has 0 N–H and O–H groups in total. The normalized spacial score (nSPS) is 10.4. The standard InChI is InChI=1S/C17H16ClFO2/c18-10-4-7-16(20)15-11-14(19)8-9-17(15)21-12-13-5-2-1-3-6-13/h1-3,5-6,8-9,11H,4,7,10,12H2. The summed E-state index contributed by atoms with van der Waals surface area (Å²) < 4.78 is 19.0. The van der Waals surface area contributed by atoms with Gasteiger partial charge in [-0.3, -0.25) is 4.79 Å². The number of alkyl halides is 1. The molecule has 0 saturated heterocycles. The van der Waals surface area contributed by atoms with Crippen LogP contribution in [-0.4, -0.2) is 11.7 Å². The first-order valence-corrected chi connectivity index (χ1v) is 7.29. The Labute approximate surface area is 128 Å². The van der Waals surface area contributed by atoms with Crippen molar-refractivity contribution in [2.45, 2.75) is 19.4 Å². The third kappa shape index (κ3) is 4.57. The van der Waals surface area contributed by atoms with Gasteiger partial charge in [-0.25, -0.2) is 4.39 Å². The van der Waals surface area contributed by atoms with Crippen LogP contribution in [0.25, 0.3) is 0 Å². The highest BCUT2D eigenvalue weighted by atomic mass is 35.5. The molecule has 21 heavy (non-hydrogen) atoms. The fourth-order valence-electron chi connectivity index (χ4n) is 1.94. The van der Waals surface area contributed by atoms with Crippen molar-refractivity contribution in [3.05, 3.63) is 65.5 Å². The lowest BCUT2D eigenvalue weighted by Gasteiger charge is -2.11. The molecule has 2 nitrogen and oxygen atoms in total. The van der Waals surface area contributed by atoms with Crippen molar-refractivity contribution in [2.24, 2.45) is 0 Å². The molecule has 2 aromatic carbocycles. The minimum Gasteiger partial charge on any atom is -0.488 e. The average Bonchev–Trinajstić information content (AvgIpc) is 2.52. The van der Waals surface area contributed by atoms with Crippen LogP contribution < -0.4 is 4.74 Å². The lowest BCUT2D eigenvalue weighted by molar-refractivity contribution is 0.0977. The minimum atomic E-state index is -0.448. The summed E-state index contributed by atoms with van der Waals surface area (Å²) in [5.74, 6) is 0.204. The zero-order valence-electron chi connectivity index (χ0n) is 11.5. The van der Waals surface area contributed by atoms with E-state index in [1.165, 1.54) is 18.2 Å². The third-order valence-corrected chi connectivity index (χ3v) is 3.28. The summed E-state index contributed by atoms with van der Waals surface area (Å²) in [6, 6.07) is 13.6. The second-order valence-electron chi connectivity index (χ2n) is 4.63. The van der Waals surface area contributed by atoms with Gasteiger partial charge >= 0.3 is 0 Å². The molecule has 4 heteroatoms. The number of Topliss-reactive ketones (excluding diaryl/α,β-unsaturated/α-hetero) is 1. The van der Waals surface area contributed by atoms with Crippen molar-refractivity contribution in [1.82, 2.24) is 0 Å². The average molecular weight is 307 g/mol. The van der Waals surface area contributed by atoms with E-state index in [2.05, 4.69) is 0 Å². The quantitative estimate of drug-likeness (QED) is 0.552. The zero-order chi connectivity index (χ0) is 15.1. The topological polar surface area (TPSA) is 26.3 Å². The minimum absolute atomic E-state index is 0.154. The number of ether oxygens (including phenoxy) is 1. The molecule has 0 bridgehead atoms. The van der Waals surface area contributed by atoms with Crippen LogP contribution in [0.5, 0.6) is 5.75 Å². The van der Waals surface area contributed by atoms with E-state index in [1.807, 2.05) is 30.3 Å². The third-order valence-electron chi connectivity index (χ3n) is 3.02. The maximum atomic E-state index is 13.4. The van der Waals surface area contributed by atoms with Crippen LogP contribution in [0.3, 0.4) is 0 Å². The van der Waals surface area contributed by atoms with Crippen molar-refractivity contribution < 1.29 is 13.9 Å². The lowest BCUT2D eigenvalue weighted by atomic mass is 10.1. The molecule has 2 aromatic rings. The molecule has 0 heterocycles. The Morgan fingerprint density at radius 3 is 2.62 bits per heavy atom. The summed E-state index contributed by atoms with van der Waals surface area (Å²) in [4.78, 5) is 12.1. The maximum absolute atomic E-state index is 13.4. The van der Waals surface area contributed by atoms with Crippen molar-refractivity contribution in [3.8, 4) is 5.75 Å². The number of hydrogen-bond donors (Lipinski definition) is 0. The smallest absolute Gasteiger partial charge is 0.166 e. The molecule has 0 unspecified atom stereocenters. The van der Waals surface area contributed by atoms with Gasteiger partial charge in [-0.1, -0.05) is 30.3 Å². The van der Waals surface area contributed by atoms with Crippen molar-refractivity contribution in [1.29, 1.82) is 0 Å². The molecule has 0 aliphatic heterocycles. The number of ketones is 1. The van der Waals surface area contributed by atoms with Crippen LogP contribution in [0, 0.1) is 5.82 Å². The molecule has 0 aromatic heterocycles.